The Kier molecular flexibility index (Phi) is 6.12. The summed E-state index contributed by atoms with van der Waals surface area (Å²) in [6, 6.07) is 18.1. The van der Waals surface area contributed by atoms with E-state index in [-0.39, 0.29) is 0 Å². The molecule has 2 aromatic carbocycles. The fourth-order valence-electron chi connectivity index (χ4n) is 3.66. The van der Waals surface area contributed by atoms with Gasteiger partial charge >= 0.3 is 0 Å². The molecule has 0 saturated heterocycles. The molecule has 25 heavy (non-hydrogen) atoms. The van der Waals surface area contributed by atoms with E-state index in [1.807, 2.05) is 36.4 Å². The molecule has 0 unspecified atom stereocenters. The molecular formula is C23H27NO. The Hall–Kier alpha value is -2.27. The lowest BCUT2D eigenvalue weighted by Gasteiger charge is -2.25. The van der Waals surface area contributed by atoms with Gasteiger partial charge in [-0.05, 0) is 60.1 Å². The minimum Gasteiger partial charge on any atom is -0.494 e. The second-order valence-corrected chi connectivity index (χ2v) is 7.33. The highest BCUT2D eigenvalue weighted by Gasteiger charge is 2.17. The zero-order valence-corrected chi connectivity index (χ0v) is 15.1. The highest BCUT2D eigenvalue weighted by atomic mass is 16.5. The van der Waals surface area contributed by atoms with Crippen LogP contribution in [0.25, 0.3) is 11.1 Å². The maximum Gasteiger partial charge on any atom is 0.119 e. The number of nitriles is 1. The Bertz CT molecular complexity index is 688. The number of benzene rings is 2. The van der Waals surface area contributed by atoms with Gasteiger partial charge in [0.05, 0.1) is 18.2 Å². The maximum absolute atomic E-state index is 8.87. The first-order valence-electron chi connectivity index (χ1n) is 9.48. The van der Waals surface area contributed by atoms with Gasteiger partial charge in [0.15, 0.2) is 0 Å². The molecule has 0 aliphatic heterocycles. The van der Waals surface area contributed by atoms with Crippen molar-refractivity contribution in [2.45, 2.75) is 45.4 Å². The molecule has 0 atom stereocenters. The number of hydrogen-bond acceptors (Lipinski definition) is 2. The summed E-state index contributed by atoms with van der Waals surface area (Å²) in [6.07, 6.45) is 8.07. The van der Waals surface area contributed by atoms with Crippen LogP contribution in [0.5, 0.6) is 5.75 Å². The van der Waals surface area contributed by atoms with Crippen molar-refractivity contribution < 1.29 is 4.74 Å². The molecule has 2 aromatic rings. The van der Waals surface area contributed by atoms with Gasteiger partial charge in [-0.25, -0.2) is 0 Å². The van der Waals surface area contributed by atoms with Crippen molar-refractivity contribution in [2.24, 2.45) is 11.8 Å². The molecule has 1 fully saturated rings. The fourth-order valence-corrected chi connectivity index (χ4v) is 3.66. The second-order valence-electron chi connectivity index (χ2n) is 7.33. The molecule has 2 nitrogen and oxygen atoms in total. The Morgan fingerprint density at radius 1 is 0.920 bits per heavy atom. The smallest absolute Gasteiger partial charge is 0.119 e. The van der Waals surface area contributed by atoms with Crippen LogP contribution >= 0.6 is 0 Å². The van der Waals surface area contributed by atoms with E-state index in [9.17, 15) is 0 Å². The number of hydrogen-bond donors (Lipinski definition) is 0. The molecule has 1 aliphatic rings. The van der Waals surface area contributed by atoms with Crippen LogP contribution < -0.4 is 4.74 Å². The monoisotopic (exact) mass is 333 g/mol. The van der Waals surface area contributed by atoms with Crippen molar-refractivity contribution in [1.82, 2.24) is 0 Å². The molecule has 0 bridgehead atoms. The zero-order valence-electron chi connectivity index (χ0n) is 15.1. The molecule has 0 heterocycles. The van der Waals surface area contributed by atoms with E-state index in [4.69, 9.17) is 10.00 Å². The van der Waals surface area contributed by atoms with Crippen LogP contribution in [-0.2, 0) is 0 Å². The molecule has 1 aliphatic carbocycles. The average molecular weight is 333 g/mol. The Morgan fingerprint density at radius 3 is 2.12 bits per heavy atom. The predicted octanol–water partition coefficient (Wildman–Crippen LogP) is 6.21. The largest absolute Gasteiger partial charge is 0.494 e. The lowest BCUT2D eigenvalue weighted by molar-refractivity contribution is 0.245. The quantitative estimate of drug-likeness (QED) is 0.589. The highest BCUT2D eigenvalue weighted by molar-refractivity contribution is 5.64. The van der Waals surface area contributed by atoms with Crippen molar-refractivity contribution in [3.63, 3.8) is 0 Å². The SMILES string of the molecule is C[C@H]1CC[C@H](CCCOc2ccc(-c3ccc(C#N)cc3)cc2)CC1. The summed E-state index contributed by atoms with van der Waals surface area (Å²) < 4.78 is 5.90. The zero-order chi connectivity index (χ0) is 17.5. The van der Waals surface area contributed by atoms with E-state index < -0.39 is 0 Å². The summed E-state index contributed by atoms with van der Waals surface area (Å²) >= 11 is 0. The minimum absolute atomic E-state index is 0.691. The third-order valence-electron chi connectivity index (χ3n) is 5.36. The third kappa shape index (κ3) is 5.10. The van der Waals surface area contributed by atoms with Crippen LogP contribution in [0, 0.1) is 23.2 Å². The molecule has 0 spiro atoms. The van der Waals surface area contributed by atoms with Crippen molar-refractivity contribution in [3.8, 4) is 22.9 Å². The highest BCUT2D eigenvalue weighted by Crippen LogP contribution is 2.31. The van der Waals surface area contributed by atoms with E-state index in [0.29, 0.717) is 5.56 Å². The van der Waals surface area contributed by atoms with Crippen molar-refractivity contribution >= 4 is 0 Å². The summed E-state index contributed by atoms with van der Waals surface area (Å²) in [5.74, 6) is 2.79. The molecule has 0 aromatic heterocycles. The van der Waals surface area contributed by atoms with Gasteiger partial charge in [0, 0.05) is 0 Å². The topological polar surface area (TPSA) is 33.0 Å². The predicted molar refractivity (Wildman–Crippen MR) is 102 cm³/mol. The first kappa shape index (κ1) is 17.5. The summed E-state index contributed by atoms with van der Waals surface area (Å²) in [5.41, 5.74) is 2.96. The van der Waals surface area contributed by atoms with Gasteiger partial charge in [-0.2, -0.15) is 5.26 Å². The molecule has 2 heteroatoms. The van der Waals surface area contributed by atoms with Crippen LogP contribution in [0.2, 0.25) is 0 Å². The van der Waals surface area contributed by atoms with Gasteiger partial charge in [-0.3, -0.25) is 0 Å². The molecule has 1 saturated carbocycles. The van der Waals surface area contributed by atoms with E-state index in [2.05, 4.69) is 25.1 Å². The van der Waals surface area contributed by atoms with E-state index in [1.54, 1.807) is 0 Å². The van der Waals surface area contributed by atoms with Crippen LogP contribution in [-0.4, -0.2) is 6.61 Å². The standard InChI is InChI=1S/C23H27NO/c1-18-4-6-19(7-5-18)3-2-16-25-23-14-12-22(13-15-23)21-10-8-20(17-24)9-11-21/h8-15,18-19H,2-7,16H2,1H3/t18-,19-. The Labute approximate surface area is 151 Å². The lowest BCUT2D eigenvalue weighted by Crippen LogP contribution is -2.13. The van der Waals surface area contributed by atoms with Crippen LogP contribution in [0.1, 0.15) is 51.0 Å². The fraction of sp³-hybridized carbons (Fsp3) is 0.435. The van der Waals surface area contributed by atoms with Crippen molar-refractivity contribution in [3.05, 3.63) is 54.1 Å². The Balaban J connectivity index is 1.44. The van der Waals surface area contributed by atoms with E-state index in [0.717, 1.165) is 41.7 Å². The minimum atomic E-state index is 0.691. The third-order valence-corrected chi connectivity index (χ3v) is 5.36. The summed E-state index contributed by atoms with van der Waals surface area (Å²) in [7, 11) is 0. The lowest BCUT2D eigenvalue weighted by atomic mass is 9.81. The molecular weight excluding hydrogens is 306 g/mol. The van der Waals surface area contributed by atoms with E-state index >= 15 is 0 Å². The molecule has 0 amide bonds. The maximum atomic E-state index is 8.87. The summed E-state index contributed by atoms with van der Waals surface area (Å²) in [4.78, 5) is 0. The second kappa shape index (κ2) is 8.72. The van der Waals surface area contributed by atoms with E-state index in [1.165, 1.54) is 32.1 Å². The molecule has 130 valence electrons. The first-order valence-corrected chi connectivity index (χ1v) is 9.48. The van der Waals surface area contributed by atoms with Crippen LogP contribution in [0.4, 0.5) is 0 Å². The Morgan fingerprint density at radius 2 is 1.52 bits per heavy atom. The molecule has 0 N–H and O–H groups in total. The number of rotatable bonds is 6. The summed E-state index contributed by atoms with van der Waals surface area (Å²) in [5, 5.41) is 8.87. The van der Waals surface area contributed by atoms with Gasteiger partial charge in [0.1, 0.15) is 5.75 Å². The van der Waals surface area contributed by atoms with Crippen LogP contribution in [0.15, 0.2) is 48.5 Å². The van der Waals surface area contributed by atoms with Crippen molar-refractivity contribution in [1.29, 1.82) is 5.26 Å². The molecule has 0 radical (unpaired) electrons. The normalized spacial score (nSPS) is 20.0. The van der Waals surface area contributed by atoms with Gasteiger partial charge in [-0.15, -0.1) is 0 Å². The number of ether oxygens (including phenoxy) is 1. The van der Waals surface area contributed by atoms with Gasteiger partial charge in [-0.1, -0.05) is 56.9 Å². The van der Waals surface area contributed by atoms with Gasteiger partial charge < -0.3 is 4.74 Å². The van der Waals surface area contributed by atoms with Crippen molar-refractivity contribution in [2.75, 3.05) is 6.61 Å². The van der Waals surface area contributed by atoms with Gasteiger partial charge in [0.25, 0.3) is 0 Å². The average Bonchev–Trinajstić information content (AvgIpc) is 2.67. The summed E-state index contributed by atoms with van der Waals surface area (Å²) in [6.45, 7) is 3.18. The van der Waals surface area contributed by atoms with Crippen LogP contribution in [0.3, 0.4) is 0 Å². The molecule has 3 rings (SSSR count). The van der Waals surface area contributed by atoms with Gasteiger partial charge in [0.2, 0.25) is 0 Å². The number of nitrogens with zero attached hydrogens (tertiary/aromatic N) is 1. The first-order chi connectivity index (χ1) is 12.2.